The van der Waals surface area contributed by atoms with Crippen molar-refractivity contribution in [1.29, 1.82) is 0 Å². The molecule has 19 heavy (non-hydrogen) atoms. The second-order valence-electron chi connectivity index (χ2n) is 5.32. The highest BCUT2D eigenvalue weighted by atomic mass is 127. The lowest BCUT2D eigenvalue weighted by atomic mass is 9.97. The summed E-state index contributed by atoms with van der Waals surface area (Å²) in [7, 11) is 0. The van der Waals surface area contributed by atoms with Gasteiger partial charge in [-0.1, -0.05) is 19.1 Å². The summed E-state index contributed by atoms with van der Waals surface area (Å²) in [6.45, 7) is 4.36. The van der Waals surface area contributed by atoms with Crippen molar-refractivity contribution in [3.05, 3.63) is 27.8 Å². The molecular weight excluding hydrogens is 353 g/mol. The molecule has 2 atom stereocenters. The number of anilines is 1. The number of piperidine rings is 1. The normalized spacial score (nSPS) is 24.2. The molecule has 0 aliphatic carbocycles. The zero-order valence-corrected chi connectivity index (χ0v) is 13.3. The van der Waals surface area contributed by atoms with E-state index in [1.54, 1.807) is 0 Å². The number of hydrogen-bond donors (Lipinski definition) is 2. The summed E-state index contributed by atoms with van der Waals surface area (Å²) >= 11 is 2.22. The van der Waals surface area contributed by atoms with Crippen LogP contribution in [0.5, 0.6) is 0 Å². The maximum atomic E-state index is 12.0. The van der Waals surface area contributed by atoms with Gasteiger partial charge in [-0.05, 0) is 47.1 Å². The number of nitrogens with one attached hydrogen (secondary N) is 1. The van der Waals surface area contributed by atoms with Gasteiger partial charge in [0.2, 0.25) is 5.91 Å². The minimum atomic E-state index is 0.0328. The van der Waals surface area contributed by atoms with Crippen LogP contribution < -0.4 is 11.1 Å². The van der Waals surface area contributed by atoms with Gasteiger partial charge in [0.15, 0.2) is 0 Å². The van der Waals surface area contributed by atoms with Crippen LogP contribution in [0.1, 0.15) is 13.3 Å². The van der Waals surface area contributed by atoms with Gasteiger partial charge in [0.05, 0.1) is 12.2 Å². The van der Waals surface area contributed by atoms with Crippen molar-refractivity contribution in [2.75, 3.05) is 25.0 Å². The first-order chi connectivity index (χ1) is 9.04. The fourth-order valence-corrected chi connectivity index (χ4v) is 3.12. The summed E-state index contributed by atoms with van der Waals surface area (Å²) in [5.74, 6) is 0.596. The molecular formula is C14H20IN3O. The van der Waals surface area contributed by atoms with Gasteiger partial charge in [-0.2, -0.15) is 0 Å². The van der Waals surface area contributed by atoms with Gasteiger partial charge in [0.1, 0.15) is 0 Å². The monoisotopic (exact) mass is 373 g/mol. The number of hydrogen-bond acceptors (Lipinski definition) is 3. The third-order valence-electron chi connectivity index (χ3n) is 3.28. The van der Waals surface area contributed by atoms with Crippen LogP contribution in [0.3, 0.4) is 0 Å². The SMILES string of the molecule is CC1CC(N)CN(CC(=O)Nc2ccccc2I)C1. The first-order valence-electron chi connectivity index (χ1n) is 6.57. The topological polar surface area (TPSA) is 58.4 Å². The third kappa shape index (κ3) is 4.43. The fourth-order valence-electron chi connectivity index (χ4n) is 2.60. The van der Waals surface area contributed by atoms with Crippen molar-refractivity contribution < 1.29 is 4.79 Å². The molecule has 2 unspecified atom stereocenters. The van der Waals surface area contributed by atoms with Gasteiger partial charge in [0, 0.05) is 22.7 Å². The largest absolute Gasteiger partial charge is 0.327 e. The molecule has 5 heteroatoms. The number of nitrogens with zero attached hydrogens (tertiary/aromatic N) is 1. The Balaban J connectivity index is 1.89. The summed E-state index contributed by atoms with van der Waals surface area (Å²) in [5, 5.41) is 2.96. The molecule has 1 fully saturated rings. The van der Waals surface area contributed by atoms with E-state index in [1.807, 2.05) is 24.3 Å². The van der Waals surface area contributed by atoms with Gasteiger partial charge in [-0.15, -0.1) is 0 Å². The molecule has 1 heterocycles. The smallest absolute Gasteiger partial charge is 0.238 e. The molecule has 1 aromatic rings. The Bertz CT molecular complexity index is 442. The predicted octanol–water partition coefficient (Wildman–Crippen LogP) is 1.90. The molecule has 104 valence electrons. The average molecular weight is 373 g/mol. The van der Waals surface area contributed by atoms with E-state index >= 15 is 0 Å². The molecule has 4 nitrogen and oxygen atoms in total. The number of rotatable bonds is 3. The Hall–Kier alpha value is -0.660. The van der Waals surface area contributed by atoms with Crippen LogP contribution in [0.4, 0.5) is 5.69 Å². The zero-order chi connectivity index (χ0) is 13.8. The van der Waals surface area contributed by atoms with E-state index in [0.717, 1.165) is 28.8 Å². The number of amides is 1. The molecule has 0 aromatic heterocycles. The highest BCUT2D eigenvalue weighted by Crippen LogP contribution is 2.18. The lowest BCUT2D eigenvalue weighted by molar-refractivity contribution is -0.117. The second-order valence-corrected chi connectivity index (χ2v) is 6.49. The molecule has 0 bridgehead atoms. The Morgan fingerprint density at radius 3 is 2.89 bits per heavy atom. The summed E-state index contributed by atoms with van der Waals surface area (Å²) in [5.41, 5.74) is 6.87. The fraction of sp³-hybridized carbons (Fsp3) is 0.500. The van der Waals surface area contributed by atoms with E-state index in [1.165, 1.54) is 0 Å². The number of carbonyl (C=O) groups is 1. The zero-order valence-electron chi connectivity index (χ0n) is 11.1. The van der Waals surface area contributed by atoms with Crippen LogP contribution in [-0.4, -0.2) is 36.5 Å². The van der Waals surface area contributed by atoms with Gasteiger partial charge >= 0.3 is 0 Å². The maximum Gasteiger partial charge on any atom is 0.238 e. The number of benzene rings is 1. The first-order valence-corrected chi connectivity index (χ1v) is 7.65. The van der Waals surface area contributed by atoms with Crippen molar-refractivity contribution in [2.24, 2.45) is 11.7 Å². The number of para-hydroxylation sites is 1. The standard InChI is InChI=1S/C14H20IN3O/c1-10-6-11(16)8-18(7-10)9-14(19)17-13-5-3-2-4-12(13)15/h2-5,10-11H,6-9,16H2,1H3,(H,17,19). The van der Waals surface area contributed by atoms with Crippen molar-refractivity contribution in [1.82, 2.24) is 4.90 Å². The van der Waals surface area contributed by atoms with Crippen LogP contribution in [0.2, 0.25) is 0 Å². The minimum absolute atomic E-state index is 0.0328. The van der Waals surface area contributed by atoms with E-state index in [-0.39, 0.29) is 11.9 Å². The summed E-state index contributed by atoms with van der Waals surface area (Å²) in [4.78, 5) is 14.2. The Labute approximate surface area is 127 Å². The predicted molar refractivity (Wildman–Crippen MR) is 86.0 cm³/mol. The Kier molecular flexibility index (Phi) is 5.18. The molecule has 1 aliphatic rings. The maximum absolute atomic E-state index is 12.0. The highest BCUT2D eigenvalue weighted by molar-refractivity contribution is 14.1. The number of halogens is 1. The lowest BCUT2D eigenvalue weighted by Crippen LogP contribution is -2.48. The van der Waals surface area contributed by atoms with E-state index in [2.05, 4.69) is 39.7 Å². The van der Waals surface area contributed by atoms with Crippen molar-refractivity contribution in [3.8, 4) is 0 Å². The van der Waals surface area contributed by atoms with Gasteiger partial charge < -0.3 is 11.1 Å². The van der Waals surface area contributed by atoms with Crippen molar-refractivity contribution >= 4 is 34.2 Å². The van der Waals surface area contributed by atoms with E-state index in [9.17, 15) is 4.79 Å². The minimum Gasteiger partial charge on any atom is -0.327 e. The molecule has 1 amide bonds. The average Bonchev–Trinajstić information content (AvgIpc) is 2.30. The molecule has 2 rings (SSSR count). The lowest BCUT2D eigenvalue weighted by Gasteiger charge is -2.34. The Morgan fingerprint density at radius 1 is 1.47 bits per heavy atom. The van der Waals surface area contributed by atoms with Crippen molar-refractivity contribution in [2.45, 2.75) is 19.4 Å². The Morgan fingerprint density at radius 2 is 2.21 bits per heavy atom. The molecule has 0 spiro atoms. The van der Waals surface area contributed by atoms with E-state index in [4.69, 9.17) is 5.73 Å². The van der Waals surface area contributed by atoms with Crippen LogP contribution in [-0.2, 0) is 4.79 Å². The van der Waals surface area contributed by atoms with Crippen molar-refractivity contribution in [3.63, 3.8) is 0 Å². The van der Waals surface area contributed by atoms with E-state index < -0.39 is 0 Å². The number of likely N-dealkylation sites (tertiary alicyclic amines) is 1. The molecule has 0 saturated carbocycles. The molecule has 1 saturated heterocycles. The van der Waals surface area contributed by atoms with Gasteiger partial charge in [-0.3, -0.25) is 9.69 Å². The number of carbonyl (C=O) groups excluding carboxylic acids is 1. The first kappa shape index (κ1) is 14.7. The summed E-state index contributed by atoms with van der Waals surface area (Å²) in [6, 6.07) is 7.98. The number of nitrogens with two attached hydrogens (primary N) is 1. The second kappa shape index (κ2) is 6.67. The highest BCUT2D eigenvalue weighted by Gasteiger charge is 2.23. The van der Waals surface area contributed by atoms with Gasteiger partial charge in [-0.25, -0.2) is 0 Å². The third-order valence-corrected chi connectivity index (χ3v) is 4.22. The summed E-state index contributed by atoms with van der Waals surface area (Å²) < 4.78 is 1.05. The van der Waals surface area contributed by atoms with Gasteiger partial charge in [0.25, 0.3) is 0 Å². The van der Waals surface area contributed by atoms with E-state index in [0.29, 0.717) is 12.5 Å². The molecule has 0 radical (unpaired) electrons. The van der Waals surface area contributed by atoms with Crippen LogP contribution in [0, 0.1) is 9.49 Å². The van der Waals surface area contributed by atoms with Crippen LogP contribution in [0.25, 0.3) is 0 Å². The molecule has 1 aromatic carbocycles. The molecule has 1 aliphatic heterocycles. The van der Waals surface area contributed by atoms with Crippen LogP contribution >= 0.6 is 22.6 Å². The molecule has 3 N–H and O–H groups in total. The summed E-state index contributed by atoms with van der Waals surface area (Å²) in [6.07, 6.45) is 1.05. The van der Waals surface area contributed by atoms with Crippen LogP contribution in [0.15, 0.2) is 24.3 Å². The quantitative estimate of drug-likeness (QED) is 0.796.